The SMILES string of the molecule is Cc1ccc(-c2nc(CN3CCN(S(C)(=O)=O)CC3)cs2)cc1. The average Bonchev–Trinajstić information content (AvgIpc) is 2.96. The monoisotopic (exact) mass is 351 g/mol. The third-order valence-electron chi connectivity index (χ3n) is 4.04. The van der Waals surface area contributed by atoms with Crippen molar-refractivity contribution >= 4 is 21.4 Å². The molecule has 1 aliphatic rings. The highest BCUT2D eigenvalue weighted by atomic mass is 32.2. The van der Waals surface area contributed by atoms with Crippen molar-refractivity contribution in [1.82, 2.24) is 14.2 Å². The predicted molar refractivity (Wildman–Crippen MR) is 94.0 cm³/mol. The zero-order valence-corrected chi connectivity index (χ0v) is 15.0. The summed E-state index contributed by atoms with van der Waals surface area (Å²) in [5, 5.41) is 3.13. The maximum absolute atomic E-state index is 11.5. The molecule has 5 nitrogen and oxygen atoms in total. The zero-order valence-electron chi connectivity index (χ0n) is 13.4. The van der Waals surface area contributed by atoms with Crippen LogP contribution in [0.15, 0.2) is 29.6 Å². The Bertz CT molecular complexity index is 761. The van der Waals surface area contributed by atoms with Gasteiger partial charge in [-0.2, -0.15) is 4.31 Å². The molecular weight excluding hydrogens is 330 g/mol. The van der Waals surface area contributed by atoms with E-state index in [1.54, 1.807) is 15.6 Å². The van der Waals surface area contributed by atoms with Crippen molar-refractivity contribution in [2.24, 2.45) is 0 Å². The fourth-order valence-corrected chi connectivity index (χ4v) is 4.30. The van der Waals surface area contributed by atoms with E-state index in [0.29, 0.717) is 13.1 Å². The van der Waals surface area contributed by atoms with Crippen LogP contribution in [0, 0.1) is 6.92 Å². The van der Waals surface area contributed by atoms with Crippen molar-refractivity contribution in [3.63, 3.8) is 0 Å². The molecule has 2 aromatic rings. The van der Waals surface area contributed by atoms with Gasteiger partial charge >= 0.3 is 0 Å². The molecule has 0 atom stereocenters. The van der Waals surface area contributed by atoms with Gasteiger partial charge < -0.3 is 0 Å². The van der Waals surface area contributed by atoms with E-state index in [4.69, 9.17) is 4.98 Å². The molecule has 0 N–H and O–H groups in total. The van der Waals surface area contributed by atoms with Crippen molar-refractivity contribution in [3.8, 4) is 10.6 Å². The molecule has 7 heteroatoms. The highest BCUT2D eigenvalue weighted by molar-refractivity contribution is 7.88. The molecule has 0 amide bonds. The highest BCUT2D eigenvalue weighted by Gasteiger charge is 2.23. The van der Waals surface area contributed by atoms with Crippen LogP contribution in [0.4, 0.5) is 0 Å². The lowest BCUT2D eigenvalue weighted by molar-refractivity contribution is 0.181. The van der Waals surface area contributed by atoms with Gasteiger partial charge in [0.1, 0.15) is 5.01 Å². The first-order valence-corrected chi connectivity index (χ1v) is 10.3. The molecule has 3 rings (SSSR count). The summed E-state index contributed by atoms with van der Waals surface area (Å²) in [6.07, 6.45) is 1.27. The molecule has 0 radical (unpaired) electrons. The van der Waals surface area contributed by atoms with Crippen molar-refractivity contribution in [2.45, 2.75) is 13.5 Å². The second-order valence-corrected chi connectivity index (χ2v) is 8.79. The van der Waals surface area contributed by atoms with Gasteiger partial charge in [-0.3, -0.25) is 4.90 Å². The second-order valence-electron chi connectivity index (χ2n) is 5.95. The number of piperazine rings is 1. The van der Waals surface area contributed by atoms with Crippen LogP contribution in [0.1, 0.15) is 11.3 Å². The number of hydrogen-bond donors (Lipinski definition) is 0. The van der Waals surface area contributed by atoms with E-state index in [1.165, 1.54) is 11.8 Å². The molecule has 23 heavy (non-hydrogen) atoms. The number of thiazole rings is 1. The Balaban J connectivity index is 1.61. The third-order valence-corrected chi connectivity index (χ3v) is 6.28. The minimum absolute atomic E-state index is 0.563. The molecule has 0 saturated carbocycles. The maximum atomic E-state index is 11.5. The van der Waals surface area contributed by atoms with Crippen LogP contribution in [0.3, 0.4) is 0 Å². The number of benzene rings is 1. The highest BCUT2D eigenvalue weighted by Crippen LogP contribution is 2.24. The van der Waals surface area contributed by atoms with E-state index in [2.05, 4.69) is 41.5 Å². The smallest absolute Gasteiger partial charge is 0.211 e. The molecule has 1 fully saturated rings. The standard InChI is InChI=1S/C16H21N3O2S2/c1-13-3-5-14(6-4-13)16-17-15(12-22-16)11-18-7-9-19(10-8-18)23(2,20)21/h3-6,12H,7-11H2,1-2H3. The maximum Gasteiger partial charge on any atom is 0.211 e. The van der Waals surface area contributed by atoms with Gasteiger partial charge in [-0.1, -0.05) is 29.8 Å². The summed E-state index contributed by atoms with van der Waals surface area (Å²) in [5.74, 6) is 0. The van der Waals surface area contributed by atoms with Gasteiger partial charge in [0.25, 0.3) is 0 Å². The summed E-state index contributed by atoms with van der Waals surface area (Å²) < 4.78 is 24.6. The van der Waals surface area contributed by atoms with Crippen molar-refractivity contribution in [3.05, 3.63) is 40.9 Å². The Hall–Kier alpha value is -1.28. The molecule has 1 aliphatic heterocycles. The Morgan fingerprint density at radius 2 is 1.78 bits per heavy atom. The minimum atomic E-state index is -3.06. The lowest BCUT2D eigenvalue weighted by Gasteiger charge is -2.32. The van der Waals surface area contributed by atoms with E-state index in [0.717, 1.165) is 35.9 Å². The Kier molecular flexibility index (Phi) is 4.82. The summed E-state index contributed by atoms with van der Waals surface area (Å²) in [5.41, 5.74) is 3.45. The number of nitrogens with zero attached hydrogens (tertiary/aromatic N) is 3. The molecule has 0 unspecified atom stereocenters. The first-order valence-electron chi connectivity index (χ1n) is 7.61. The van der Waals surface area contributed by atoms with E-state index in [1.807, 2.05) is 0 Å². The summed E-state index contributed by atoms with van der Waals surface area (Å²) in [6, 6.07) is 8.40. The first kappa shape index (κ1) is 16.6. The van der Waals surface area contributed by atoms with Crippen LogP contribution < -0.4 is 0 Å². The van der Waals surface area contributed by atoms with Gasteiger partial charge in [0.2, 0.25) is 10.0 Å². The first-order chi connectivity index (χ1) is 10.9. The second kappa shape index (κ2) is 6.68. The fraction of sp³-hybridized carbons (Fsp3) is 0.438. The normalized spacial score (nSPS) is 17.5. The number of sulfonamides is 1. The molecule has 0 bridgehead atoms. The summed E-state index contributed by atoms with van der Waals surface area (Å²) in [6.45, 7) is 5.49. The lowest BCUT2D eigenvalue weighted by atomic mass is 10.2. The molecule has 1 aromatic carbocycles. The van der Waals surface area contributed by atoms with Gasteiger partial charge in [0, 0.05) is 43.7 Å². The number of rotatable bonds is 4. The molecule has 0 aliphatic carbocycles. The van der Waals surface area contributed by atoms with Gasteiger partial charge in [0.05, 0.1) is 11.9 Å². The number of aryl methyl sites for hydroxylation is 1. The minimum Gasteiger partial charge on any atom is -0.295 e. The van der Waals surface area contributed by atoms with Crippen LogP contribution in [-0.4, -0.2) is 55.0 Å². The van der Waals surface area contributed by atoms with Gasteiger partial charge in [0.15, 0.2) is 0 Å². The molecule has 1 aromatic heterocycles. The van der Waals surface area contributed by atoms with E-state index in [9.17, 15) is 8.42 Å². The zero-order chi connectivity index (χ0) is 16.4. The summed E-state index contributed by atoms with van der Waals surface area (Å²) in [4.78, 5) is 6.98. The van der Waals surface area contributed by atoms with Crippen LogP contribution in [0.2, 0.25) is 0 Å². The van der Waals surface area contributed by atoms with E-state index < -0.39 is 10.0 Å². The Labute approximate surface area is 141 Å². The predicted octanol–water partition coefficient (Wildman–Crippen LogP) is 2.20. The third kappa shape index (κ3) is 4.17. The van der Waals surface area contributed by atoms with Gasteiger partial charge in [-0.15, -0.1) is 11.3 Å². The molecule has 124 valence electrons. The van der Waals surface area contributed by atoms with Gasteiger partial charge in [-0.05, 0) is 6.92 Å². The number of aromatic nitrogens is 1. The molecule has 0 spiro atoms. The number of hydrogen-bond acceptors (Lipinski definition) is 5. The van der Waals surface area contributed by atoms with E-state index >= 15 is 0 Å². The van der Waals surface area contributed by atoms with Crippen molar-refractivity contribution in [2.75, 3.05) is 32.4 Å². The van der Waals surface area contributed by atoms with Crippen LogP contribution in [-0.2, 0) is 16.6 Å². The molecule has 2 heterocycles. The van der Waals surface area contributed by atoms with E-state index in [-0.39, 0.29) is 0 Å². The largest absolute Gasteiger partial charge is 0.295 e. The Morgan fingerprint density at radius 3 is 2.39 bits per heavy atom. The van der Waals surface area contributed by atoms with Crippen molar-refractivity contribution in [1.29, 1.82) is 0 Å². The summed E-state index contributed by atoms with van der Waals surface area (Å²) >= 11 is 1.66. The van der Waals surface area contributed by atoms with Gasteiger partial charge in [-0.25, -0.2) is 13.4 Å². The van der Waals surface area contributed by atoms with Crippen LogP contribution >= 0.6 is 11.3 Å². The lowest BCUT2D eigenvalue weighted by Crippen LogP contribution is -2.47. The Morgan fingerprint density at radius 1 is 1.13 bits per heavy atom. The quantitative estimate of drug-likeness (QED) is 0.847. The topological polar surface area (TPSA) is 53.5 Å². The molecule has 1 saturated heterocycles. The van der Waals surface area contributed by atoms with Crippen LogP contribution in [0.5, 0.6) is 0 Å². The summed E-state index contributed by atoms with van der Waals surface area (Å²) in [7, 11) is -3.06. The average molecular weight is 351 g/mol. The fourth-order valence-electron chi connectivity index (χ4n) is 2.66. The van der Waals surface area contributed by atoms with Crippen molar-refractivity contribution < 1.29 is 8.42 Å². The van der Waals surface area contributed by atoms with Crippen LogP contribution in [0.25, 0.3) is 10.6 Å². The molecular formula is C16H21N3O2S2.